The number of hydrogen-bond donors (Lipinski definition) is 1. The first kappa shape index (κ1) is 15.2. The molecule has 0 bridgehead atoms. The molecule has 2 rings (SSSR count). The van der Waals surface area contributed by atoms with Crippen LogP contribution in [0.5, 0.6) is 5.75 Å². The number of carbonyl (C=O) groups excluding carboxylic acids is 1. The molecule has 1 amide bonds. The van der Waals surface area contributed by atoms with E-state index in [4.69, 9.17) is 27.9 Å². The predicted octanol–water partition coefficient (Wildman–Crippen LogP) is 4.77. The largest absolute Gasteiger partial charge is 0.481 e. The second-order valence-corrected chi connectivity index (χ2v) is 5.63. The summed E-state index contributed by atoms with van der Waals surface area (Å²) >= 11 is 15.2. The second kappa shape index (κ2) is 6.97. The third-order valence-corrected chi connectivity index (χ3v) is 3.46. The van der Waals surface area contributed by atoms with Crippen LogP contribution in [0.3, 0.4) is 0 Å². The summed E-state index contributed by atoms with van der Waals surface area (Å²) in [6.07, 6.45) is 0. The fourth-order valence-corrected chi connectivity index (χ4v) is 2.43. The van der Waals surface area contributed by atoms with Gasteiger partial charge >= 0.3 is 0 Å². The van der Waals surface area contributed by atoms with Gasteiger partial charge in [-0.15, -0.1) is 0 Å². The average molecular weight is 375 g/mol. The molecular weight excluding hydrogens is 365 g/mol. The van der Waals surface area contributed by atoms with Crippen molar-refractivity contribution in [3.05, 3.63) is 57.0 Å². The molecule has 3 nitrogen and oxygen atoms in total. The Morgan fingerprint density at radius 3 is 2.45 bits per heavy atom. The first-order valence-electron chi connectivity index (χ1n) is 5.68. The van der Waals surface area contributed by atoms with Gasteiger partial charge in [0.05, 0.1) is 10.0 Å². The molecule has 2 aromatic rings. The van der Waals surface area contributed by atoms with Crippen molar-refractivity contribution in [3.63, 3.8) is 0 Å². The zero-order valence-electron chi connectivity index (χ0n) is 10.2. The highest BCUT2D eigenvalue weighted by Gasteiger charge is 2.09. The summed E-state index contributed by atoms with van der Waals surface area (Å²) in [5.74, 6) is 0.0133. The Morgan fingerprint density at radius 1 is 1.15 bits per heavy atom. The van der Waals surface area contributed by atoms with Crippen molar-refractivity contribution in [2.45, 2.75) is 0 Å². The van der Waals surface area contributed by atoms with E-state index in [-0.39, 0.29) is 12.5 Å². The van der Waals surface area contributed by atoms with Crippen LogP contribution in [0.1, 0.15) is 0 Å². The molecule has 0 radical (unpaired) electrons. The minimum absolute atomic E-state index is 0.171. The molecule has 0 fully saturated rings. The van der Waals surface area contributed by atoms with Crippen LogP contribution in [-0.4, -0.2) is 12.5 Å². The monoisotopic (exact) mass is 373 g/mol. The molecule has 0 aliphatic rings. The van der Waals surface area contributed by atoms with E-state index in [1.54, 1.807) is 30.3 Å². The molecule has 0 saturated heterocycles. The average Bonchev–Trinajstić information content (AvgIpc) is 2.38. The summed E-state index contributed by atoms with van der Waals surface area (Å²) in [5, 5.41) is 3.45. The quantitative estimate of drug-likeness (QED) is 0.836. The molecule has 2 aromatic carbocycles. The Labute approximate surface area is 135 Å². The molecule has 0 unspecified atom stereocenters. The van der Waals surface area contributed by atoms with Crippen LogP contribution in [0.4, 0.5) is 5.69 Å². The van der Waals surface area contributed by atoms with E-state index in [1.807, 2.05) is 12.1 Å². The first-order valence-corrected chi connectivity index (χ1v) is 7.23. The molecular formula is C14H10BrCl2NO2. The standard InChI is InChI=1S/C14H10BrCl2NO2/c15-9-3-1-4-10(7-9)18-13(19)8-20-14-11(16)5-2-6-12(14)17/h1-7H,8H2,(H,18,19). The van der Waals surface area contributed by atoms with Crippen molar-refractivity contribution in [2.24, 2.45) is 0 Å². The summed E-state index contributed by atoms with van der Waals surface area (Å²) < 4.78 is 6.22. The van der Waals surface area contributed by atoms with Gasteiger partial charge in [0.15, 0.2) is 12.4 Å². The molecule has 6 heteroatoms. The van der Waals surface area contributed by atoms with E-state index in [9.17, 15) is 4.79 Å². The number of amides is 1. The number of rotatable bonds is 4. The van der Waals surface area contributed by atoms with Crippen LogP contribution in [0, 0.1) is 0 Å². The highest BCUT2D eigenvalue weighted by Crippen LogP contribution is 2.32. The summed E-state index contributed by atoms with van der Waals surface area (Å²) in [6.45, 7) is -0.171. The number of carbonyl (C=O) groups is 1. The van der Waals surface area contributed by atoms with E-state index in [0.29, 0.717) is 21.5 Å². The number of anilines is 1. The maximum Gasteiger partial charge on any atom is 0.262 e. The third-order valence-electron chi connectivity index (χ3n) is 2.37. The number of nitrogens with one attached hydrogen (secondary N) is 1. The molecule has 20 heavy (non-hydrogen) atoms. The number of benzene rings is 2. The van der Waals surface area contributed by atoms with Gasteiger partial charge in [-0.3, -0.25) is 4.79 Å². The van der Waals surface area contributed by atoms with Crippen LogP contribution in [0.25, 0.3) is 0 Å². The summed E-state index contributed by atoms with van der Waals surface area (Å²) in [7, 11) is 0. The van der Waals surface area contributed by atoms with Crippen LogP contribution >= 0.6 is 39.1 Å². The predicted molar refractivity (Wildman–Crippen MR) is 84.7 cm³/mol. The molecule has 0 aliphatic carbocycles. The Balaban J connectivity index is 1.96. The lowest BCUT2D eigenvalue weighted by Gasteiger charge is -2.10. The highest BCUT2D eigenvalue weighted by molar-refractivity contribution is 9.10. The van der Waals surface area contributed by atoms with E-state index < -0.39 is 0 Å². The van der Waals surface area contributed by atoms with E-state index in [2.05, 4.69) is 21.2 Å². The molecule has 0 heterocycles. The third kappa shape index (κ3) is 4.13. The van der Waals surface area contributed by atoms with Crippen LogP contribution in [0.2, 0.25) is 10.0 Å². The van der Waals surface area contributed by atoms with Crippen molar-refractivity contribution in [1.29, 1.82) is 0 Å². The zero-order chi connectivity index (χ0) is 14.5. The molecule has 0 saturated carbocycles. The van der Waals surface area contributed by atoms with Crippen LogP contribution in [-0.2, 0) is 4.79 Å². The maximum atomic E-state index is 11.8. The summed E-state index contributed by atoms with van der Waals surface area (Å²) in [4.78, 5) is 11.8. The van der Waals surface area contributed by atoms with Crippen molar-refractivity contribution in [3.8, 4) is 5.75 Å². The lowest BCUT2D eigenvalue weighted by molar-refractivity contribution is -0.118. The molecule has 0 aromatic heterocycles. The van der Waals surface area contributed by atoms with Gasteiger partial charge in [0, 0.05) is 10.2 Å². The van der Waals surface area contributed by atoms with Gasteiger partial charge in [0.2, 0.25) is 0 Å². The van der Waals surface area contributed by atoms with Gasteiger partial charge in [-0.05, 0) is 30.3 Å². The highest BCUT2D eigenvalue weighted by atomic mass is 79.9. The van der Waals surface area contributed by atoms with E-state index in [0.717, 1.165) is 4.47 Å². The number of halogens is 3. The van der Waals surface area contributed by atoms with Gasteiger partial charge in [0.1, 0.15) is 0 Å². The lowest BCUT2D eigenvalue weighted by atomic mass is 10.3. The summed E-state index contributed by atoms with van der Waals surface area (Å²) in [6, 6.07) is 12.3. The number of hydrogen-bond acceptors (Lipinski definition) is 2. The van der Waals surface area contributed by atoms with Gasteiger partial charge < -0.3 is 10.1 Å². The number of ether oxygens (including phenoxy) is 1. The first-order chi connectivity index (χ1) is 9.56. The van der Waals surface area contributed by atoms with Crippen molar-refractivity contribution >= 4 is 50.7 Å². The normalized spacial score (nSPS) is 10.2. The zero-order valence-corrected chi connectivity index (χ0v) is 13.3. The van der Waals surface area contributed by atoms with Gasteiger partial charge in [-0.1, -0.05) is 51.3 Å². The Morgan fingerprint density at radius 2 is 1.80 bits per heavy atom. The maximum absolute atomic E-state index is 11.8. The van der Waals surface area contributed by atoms with E-state index >= 15 is 0 Å². The molecule has 0 atom stereocenters. The number of para-hydroxylation sites is 1. The van der Waals surface area contributed by atoms with Gasteiger partial charge in [-0.2, -0.15) is 0 Å². The fraction of sp³-hybridized carbons (Fsp3) is 0.0714. The topological polar surface area (TPSA) is 38.3 Å². The minimum Gasteiger partial charge on any atom is -0.481 e. The van der Waals surface area contributed by atoms with Gasteiger partial charge in [-0.25, -0.2) is 0 Å². The molecule has 0 spiro atoms. The lowest BCUT2D eigenvalue weighted by Crippen LogP contribution is -2.20. The van der Waals surface area contributed by atoms with Crippen molar-refractivity contribution in [2.75, 3.05) is 11.9 Å². The SMILES string of the molecule is O=C(COc1c(Cl)cccc1Cl)Nc1cccc(Br)c1. The Bertz CT molecular complexity index is 614. The molecule has 1 N–H and O–H groups in total. The summed E-state index contributed by atoms with van der Waals surface area (Å²) in [5.41, 5.74) is 0.679. The van der Waals surface area contributed by atoms with Crippen LogP contribution in [0.15, 0.2) is 46.9 Å². The van der Waals surface area contributed by atoms with E-state index in [1.165, 1.54) is 0 Å². The van der Waals surface area contributed by atoms with Crippen molar-refractivity contribution in [1.82, 2.24) is 0 Å². The minimum atomic E-state index is -0.293. The molecule has 104 valence electrons. The van der Waals surface area contributed by atoms with Crippen molar-refractivity contribution < 1.29 is 9.53 Å². The second-order valence-electron chi connectivity index (χ2n) is 3.90. The Hall–Kier alpha value is -1.23. The molecule has 0 aliphatic heterocycles. The fourth-order valence-electron chi connectivity index (χ4n) is 1.52. The smallest absolute Gasteiger partial charge is 0.262 e. The Kier molecular flexibility index (Phi) is 5.29. The van der Waals surface area contributed by atoms with Gasteiger partial charge in [0.25, 0.3) is 5.91 Å². The van der Waals surface area contributed by atoms with Crippen LogP contribution < -0.4 is 10.1 Å².